The molecule has 0 radical (unpaired) electrons. The number of rotatable bonds is 2. The summed E-state index contributed by atoms with van der Waals surface area (Å²) >= 11 is 5.95. The van der Waals surface area contributed by atoms with E-state index in [1.54, 1.807) is 24.3 Å². The van der Waals surface area contributed by atoms with Crippen molar-refractivity contribution >= 4 is 17.6 Å². The number of H-pyrrole nitrogens is 1. The lowest BCUT2D eigenvalue weighted by Crippen LogP contribution is -1.97. The van der Waals surface area contributed by atoms with Gasteiger partial charge in [0.15, 0.2) is 0 Å². The lowest BCUT2D eigenvalue weighted by molar-refractivity contribution is 0.0695. The summed E-state index contributed by atoms with van der Waals surface area (Å²) in [6.07, 6.45) is 1.22. The lowest BCUT2D eigenvalue weighted by Gasteiger charge is -2.03. The van der Waals surface area contributed by atoms with Crippen molar-refractivity contribution in [2.45, 2.75) is 0 Å². The second kappa shape index (κ2) is 3.90. The first-order valence-electron chi connectivity index (χ1n) is 4.50. The summed E-state index contributed by atoms with van der Waals surface area (Å²) in [6.45, 7) is 0. The number of aromatic nitrogens is 1. The summed E-state index contributed by atoms with van der Waals surface area (Å²) in [5.74, 6) is -1.50. The maximum atomic E-state index is 11.0. The molecule has 1 aromatic heterocycles. The second-order valence-corrected chi connectivity index (χ2v) is 3.62. The molecular weight excluding hydrogens is 230 g/mol. The molecule has 1 heterocycles. The van der Waals surface area contributed by atoms with Crippen LogP contribution < -0.4 is 0 Å². The van der Waals surface area contributed by atoms with Gasteiger partial charge in [-0.1, -0.05) is 29.8 Å². The van der Waals surface area contributed by atoms with Crippen LogP contribution in [0.3, 0.4) is 0 Å². The fourth-order valence-electron chi connectivity index (χ4n) is 1.51. The van der Waals surface area contributed by atoms with Gasteiger partial charge in [0.2, 0.25) is 0 Å². The van der Waals surface area contributed by atoms with Crippen molar-refractivity contribution in [1.29, 1.82) is 0 Å². The number of carboxylic acid groups (broad SMARTS) is 1. The Bertz CT molecular complexity index is 548. The van der Waals surface area contributed by atoms with Crippen molar-refractivity contribution in [2.75, 3.05) is 0 Å². The van der Waals surface area contributed by atoms with Crippen LogP contribution >= 0.6 is 11.6 Å². The first-order valence-corrected chi connectivity index (χ1v) is 4.87. The molecule has 3 N–H and O–H groups in total. The molecule has 0 saturated carbocycles. The number of hydrogen-bond donors (Lipinski definition) is 3. The minimum atomic E-state index is -1.20. The van der Waals surface area contributed by atoms with Crippen molar-refractivity contribution < 1.29 is 15.0 Å². The van der Waals surface area contributed by atoms with E-state index in [4.69, 9.17) is 16.7 Å². The van der Waals surface area contributed by atoms with Gasteiger partial charge in [0.25, 0.3) is 0 Å². The molecule has 0 amide bonds. The maximum absolute atomic E-state index is 11.0. The summed E-state index contributed by atoms with van der Waals surface area (Å²) in [6, 6.07) is 6.82. The highest BCUT2D eigenvalue weighted by molar-refractivity contribution is 6.33. The number of benzene rings is 1. The lowest BCUT2D eigenvalue weighted by atomic mass is 10.1. The van der Waals surface area contributed by atoms with Gasteiger partial charge in [0.05, 0.1) is 5.69 Å². The van der Waals surface area contributed by atoms with E-state index >= 15 is 0 Å². The van der Waals surface area contributed by atoms with Crippen LogP contribution in [0.1, 0.15) is 10.4 Å². The molecule has 0 spiro atoms. The van der Waals surface area contributed by atoms with E-state index in [1.807, 2.05) is 0 Å². The maximum Gasteiger partial charge on any atom is 0.341 e. The topological polar surface area (TPSA) is 73.3 Å². The molecule has 0 aliphatic heterocycles. The highest BCUT2D eigenvalue weighted by Gasteiger charge is 2.19. The molecule has 2 aromatic rings. The molecule has 1 aromatic carbocycles. The van der Waals surface area contributed by atoms with Gasteiger partial charge < -0.3 is 15.2 Å². The minimum Gasteiger partial charge on any atom is -0.505 e. The minimum absolute atomic E-state index is 0.173. The molecule has 2 rings (SSSR count). The molecule has 0 unspecified atom stereocenters. The van der Waals surface area contributed by atoms with Crippen molar-refractivity contribution in [3.63, 3.8) is 0 Å². The zero-order valence-electron chi connectivity index (χ0n) is 8.07. The highest BCUT2D eigenvalue weighted by atomic mass is 35.5. The molecule has 0 fully saturated rings. The first kappa shape index (κ1) is 10.6. The third-order valence-corrected chi connectivity index (χ3v) is 2.55. The average molecular weight is 238 g/mol. The van der Waals surface area contributed by atoms with Crippen LogP contribution in [0.4, 0.5) is 0 Å². The fraction of sp³-hybridized carbons (Fsp3) is 0. The Morgan fingerprint density at radius 1 is 1.31 bits per heavy atom. The van der Waals surface area contributed by atoms with Crippen molar-refractivity contribution in [3.8, 4) is 17.0 Å². The van der Waals surface area contributed by atoms with Gasteiger partial charge in [-0.25, -0.2) is 4.79 Å². The van der Waals surface area contributed by atoms with Crippen molar-refractivity contribution in [2.24, 2.45) is 0 Å². The number of halogens is 1. The van der Waals surface area contributed by atoms with E-state index in [2.05, 4.69) is 4.98 Å². The fourth-order valence-corrected chi connectivity index (χ4v) is 1.74. The van der Waals surface area contributed by atoms with Gasteiger partial charge in [-0.15, -0.1) is 0 Å². The number of carbonyl (C=O) groups is 1. The number of hydrogen-bond acceptors (Lipinski definition) is 2. The van der Waals surface area contributed by atoms with E-state index in [-0.39, 0.29) is 11.3 Å². The molecule has 0 atom stereocenters. The molecule has 16 heavy (non-hydrogen) atoms. The van der Waals surface area contributed by atoms with Crippen molar-refractivity contribution in [1.82, 2.24) is 4.98 Å². The summed E-state index contributed by atoms with van der Waals surface area (Å²) in [4.78, 5) is 13.7. The molecule has 0 aliphatic rings. The van der Waals surface area contributed by atoms with E-state index < -0.39 is 5.97 Å². The van der Waals surface area contributed by atoms with E-state index in [0.717, 1.165) is 0 Å². The summed E-state index contributed by atoms with van der Waals surface area (Å²) in [7, 11) is 0. The standard InChI is InChI=1S/C11H8ClNO3/c12-7-4-2-1-3-6(7)10-9(11(15)16)8(14)5-13-10/h1-5,13-14H,(H,15,16). The summed E-state index contributed by atoms with van der Waals surface area (Å²) < 4.78 is 0. The number of aromatic carboxylic acids is 1. The monoisotopic (exact) mass is 237 g/mol. The van der Waals surface area contributed by atoms with E-state index in [9.17, 15) is 9.90 Å². The summed E-state index contributed by atoms with van der Waals surface area (Å²) in [5.41, 5.74) is 0.672. The van der Waals surface area contributed by atoms with Crippen LogP contribution in [0.15, 0.2) is 30.5 Å². The van der Waals surface area contributed by atoms with E-state index in [1.165, 1.54) is 6.20 Å². The van der Waals surface area contributed by atoms with Gasteiger partial charge in [-0.05, 0) is 6.07 Å². The Morgan fingerprint density at radius 2 is 2.00 bits per heavy atom. The van der Waals surface area contributed by atoms with Crippen LogP contribution in [-0.2, 0) is 0 Å². The highest BCUT2D eigenvalue weighted by Crippen LogP contribution is 2.33. The SMILES string of the molecule is O=C(O)c1c(O)c[nH]c1-c1ccccc1Cl. The Labute approximate surface area is 96.1 Å². The van der Waals surface area contributed by atoms with Crippen LogP contribution in [0, 0.1) is 0 Å². The molecule has 82 valence electrons. The Hall–Kier alpha value is -1.94. The molecular formula is C11H8ClNO3. The first-order chi connectivity index (χ1) is 7.61. The van der Waals surface area contributed by atoms with Crippen LogP contribution in [0.2, 0.25) is 5.02 Å². The molecule has 5 heteroatoms. The van der Waals surface area contributed by atoms with E-state index in [0.29, 0.717) is 16.3 Å². The second-order valence-electron chi connectivity index (χ2n) is 3.21. The number of aromatic amines is 1. The zero-order valence-corrected chi connectivity index (χ0v) is 8.82. The molecule has 4 nitrogen and oxygen atoms in total. The predicted octanol–water partition coefficient (Wildman–Crippen LogP) is 2.74. The number of nitrogens with one attached hydrogen (secondary N) is 1. The predicted molar refractivity (Wildman–Crippen MR) is 59.9 cm³/mol. The normalized spacial score (nSPS) is 10.3. The molecule has 0 bridgehead atoms. The number of aromatic hydroxyl groups is 1. The smallest absolute Gasteiger partial charge is 0.341 e. The quantitative estimate of drug-likeness (QED) is 0.752. The van der Waals surface area contributed by atoms with Gasteiger partial charge in [0.1, 0.15) is 11.3 Å². The molecule has 0 aliphatic carbocycles. The Balaban J connectivity index is 2.66. The van der Waals surface area contributed by atoms with Gasteiger partial charge >= 0.3 is 5.97 Å². The van der Waals surface area contributed by atoms with Crippen molar-refractivity contribution in [3.05, 3.63) is 41.0 Å². The van der Waals surface area contributed by atoms with Crippen LogP contribution in [0.25, 0.3) is 11.3 Å². The Morgan fingerprint density at radius 3 is 2.62 bits per heavy atom. The zero-order chi connectivity index (χ0) is 11.7. The largest absolute Gasteiger partial charge is 0.505 e. The Kier molecular flexibility index (Phi) is 2.58. The van der Waals surface area contributed by atoms with Gasteiger partial charge in [-0.2, -0.15) is 0 Å². The third kappa shape index (κ3) is 1.63. The van der Waals surface area contributed by atoms with Gasteiger partial charge in [-0.3, -0.25) is 0 Å². The third-order valence-electron chi connectivity index (χ3n) is 2.22. The average Bonchev–Trinajstić information content (AvgIpc) is 2.61. The van der Waals surface area contributed by atoms with Crippen LogP contribution in [0.5, 0.6) is 5.75 Å². The number of carboxylic acids is 1. The molecule has 0 saturated heterocycles. The van der Waals surface area contributed by atoms with Gasteiger partial charge in [0, 0.05) is 16.8 Å². The van der Waals surface area contributed by atoms with Crippen LogP contribution in [-0.4, -0.2) is 21.2 Å². The summed E-state index contributed by atoms with van der Waals surface area (Å²) in [5, 5.41) is 18.8.